The summed E-state index contributed by atoms with van der Waals surface area (Å²) in [6, 6.07) is 2.85. The van der Waals surface area contributed by atoms with Gasteiger partial charge < -0.3 is 15.4 Å². The number of alkyl halides is 3. The van der Waals surface area contributed by atoms with Gasteiger partial charge in [-0.3, -0.25) is 4.79 Å². The van der Waals surface area contributed by atoms with Crippen molar-refractivity contribution in [3.05, 3.63) is 35.5 Å². The number of aromatic nitrogens is 1. The molecular formula is C14H18Cl2F3N3O2. The van der Waals surface area contributed by atoms with Gasteiger partial charge in [-0.05, 0) is 25.1 Å². The molecule has 0 spiro atoms. The van der Waals surface area contributed by atoms with Gasteiger partial charge in [0, 0.05) is 19.3 Å². The first-order valence-electron chi connectivity index (χ1n) is 6.77. The van der Waals surface area contributed by atoms with Crippen LogP contribution in [0.1, 0.15) is 16.8 Å². The molecule has 10 heteroatoms. The average molecular weight is 388 g/mol. The summed E-state index contributed by atoms with van der Waals surface area (Å²) in [5, 5.41) is 5.82. The summed E-state index contributed by atoms with van der Waals surface area (Å²) < 4.78 is 41.2. The van der Waals surface area contributed by atoms with Crippen molar-refractivity contribution in [2.45, 2.75) is 12.6 Å². The van der Waals surface area contributed by atoms with Gasteiger partial charge in [-0.15, -0.1) is 24.8 Å². The molecule has 2 N–H and O–H groups in total. The Morgan fingerprint density at radius 1 is 1.38 bits per heavy atom. The van der Waals surface area contributed by atoms with Gasteiger partial charge in [0.15, 0.2) is 6.61 Å². The normalized spacial score (nSPS) is 13.9. The third-order valence-corrected chi connectivity index (χ3v) is 3.02. The zero-order valence-electron chi connectivity index (χ0n) is 12.6. The second kappa shape index (κ2) is 10.4. The van der Waals surface area contributed by atoms with Crippen molar-refractivity contribution in [2.75, 3.05) is 26.2 Å². The smallest absolute Gasteiger partial charge is 0.422 e. The number of nitrogens with zero attached hydrogens (tertiary/aromatic N) is 1. The van der Waals surface area contributed by atoms with E-state index in [1.807, 2.05) is 6.08 Å². The van der Waals surface area contributed by atoms with Crippen LogP contribution >= 0.6 is 24.8 Å². The van der Waals surface area contributed by atoms with E-state index in [0.29, 0.717) is 6.54 Å². The predicted molar refractivity (Wildman–Crippen MR) is 88.2 cm³/mol. The molecule has 0 bridgehead atoms. The third kappa shape index (κ3) is 7.37. The minimum Gasteiger partial charge on any atom is -0.467 e. The summed E-state index contributed by atoms with van der Waals surface area (Å²) in [6.07, 6.45) is -0.401. The quantitative estimate of drug-likeness (QED) is 0.762. The van der Waals surface area contributed by atoms with Crippen molar-refractivity contribution in [2.24, 2.45) is 0 Å². The molecule has 0 radical (unpaired) electrons. The topological polar surface area (TPSA) is 63.2 Å². The van der Waals surface area contributed by atoms with Gasteiger partial charge >= 0.3 is 6.18 Å². The standard InChI is InChI=1S/C14H16F3N3O2.2ClH/c15-14(16,17)9-22-13-11(2-1-5-19-13)12(21)20-8-10-3-6-18-7-4-10;;/h1-3,5,18H,4,6-9H2,(H,20,21);2*1H. The van der Waals surface area contributed by atoms with Crippen LogP contribution < -0.4 is 15.4 Å². The van der Waals surface area contributed by atoms with Crippen LogP contribution in [-0.4, -0.2) is 43.3 Å². The first-order chi connectivity index (χ1) is 10.5. The number of carbonyl (C=O) groups is 1. The molecule has 0 aliphatic carbocycles. The van der Waals surface area contributed by atoms with Crippen molar-refractivity contribution in [3.8, 4) is 5.88 Å². The second-order valence-corrected chi connectivity index (χ2v) is 4.76. The molecule has 1 aliphatic heterocycles. The Labute approximate surface area is 149 Å². The van der Waals surface area contributed by atoms with Crippen molar-refractivity contribution < 1.29 is 22.7 Å². The molecule has 0 saturated heterocycles. The highest BCUT2D eigenvalue weighted by molar-refractivity contribution is 5.96. The molecule has 136 valence electrons. The molecule has 0 aromatic carbocycles. The fourth-order valence-electron chi connectivity index (χ4n) is 1.95. The monoisotopic (exact) mass is 387 g/mol. The zero-order valence-corrected chi connectivity index (χ0v) is 14.2. The van der Waals surface area contributed by atoms with Crippen LogP contribution in [0.15, 0.2) is 30.0 Å². The highest BCUT2D eigenvalue weighted by Crippen LogP contribution is 2.20. The Balaban J connectivity index is 0.00000264. The van der Waals surface area contributed by atoms with Crippen LogP contribution in [0.2, 0.25) is 0 Å². The van der Waals surface area contributed by atoms with Crippen LogP contribution in [0.5, 0.6) is 5.88 Å². The lowest BCUT2D eigenvalue weighted by Gasteiger charge is -2.15. The van der Waals surface area contributed by atoms with Crippen molar-refractivity contribution in [1.29, 1.82) is 0 Å². The van der Waals surface area contributed by atoms with Gasteiger partial charge in [-0.25, -0.2) is 4.98 Å². The maximum Gasteiger partial charge on any atom is 0.422 e. The molecule has 5 nitrogen and oxygen atoms in total. The van der Waals surface area contributed by atoms with Crippen LogP contribution in [0.4, 0.5) is 13.2 Å². The molecule has 2 heterocycles. The molecule has 24 heavy (non-hydrogen) atoms. The maximum atomic E-state index is 12.2. The number of hydrogen-bond donors (Lipinski definition) is 2. The summed E-state index contributed by atoms with van der Waals surface area (Å²) in [7, 11) is 0. The van der Waals surface area contributed by atoms with E-state index in [4.69, 9.17) is 0 Å². The number of pyridine rings is 1. The number of carbonyl (C=O) groups excluding carboxylic acids is 1. The SMILES string of the molecule is Cl.Cl.O=C(NCC1=CCNCC1)c1cccnc1OCC(F)(F)F. The first-order valence-corrected chi connectivity index (χ1v) is 6.77. The fraction of sp³-hybridized carbons (Fsp3) is 0.429. The summed E-state index contributed by atoms with van der Waals surface area (Å²) in [5.74, 6) is -0.832. The van der Waals surface area contributed by atoms with E-state index in [9.17, 15) is 18.0 Å². The number of hydrogen-bond acceptors (Lipinski definition) is 4. The number of ether oxygens (including phenoxy) is 1. The van der Waals surface area contributed by atoms with Gasteiger partial charge in [-0.2, -0.15) is 13.2 Å². The summed E-state index contributed by atoms with van der Waals surface area (Å²) in [4.78, 5) is 15.8. The van der Waals surface area contributed by atoms with Crippen molar-refractivity contribution >= 4 is 30.7 Å². The van der Waals surface area contributed by atoms with E-state index in [1.165, 1.54) is 18.3 Å². The molecule has 1 amide bonds. The zero-order chi connectivity index (χ0) is 16.0. The van der Waals surface area contributed by atoms with Gasteiger partial charge in [-0.1, -0.05) is 11.6 Å². The Hall–Kier alpha value is -1.51. The van der Waals surface area contributed by atoms with Crippen LogP contribution in [0.25, 0.3) is 0 Å². The molecule has 0 saturated carbocycles. The minimum atomic E-state index is -4.48. The minimum absolute atomic E-state index is 0. The van der Waals surface area contributed by atoms with Crippen molar-refractivity contribution in [3.63, 3.8) is 0 Å². The largest absolute Gasteiger partial charge is 0.467 e. The average Bonchev–Trinajstić information content (AvgIpc) is 2.51. The van der Waals surface area contributed by atoms with Gasteiger partial charge in [0.05, 0.1) is 0 Å². The van der Waals surface area contributed by atoms with E-state index < -0.39 is 18.7 Å². The lowest BCUT2D eigenvalue weighted by Crippen LogP contribution is -2.30. The van der Waals surface area contributed by atoms with E-state index in [2.05, 4.69) is 20.4 Å². The Bertz CT molecular complexity index is 568. The van der Waals surface area contributed by atoms with Gasteiger partial charge in [0.25, 0.3) is 5.91 Å². The Morgan fingerprint density at radius 3 is 2.75 bits per heavy atom. The predicted octanol–water partition coefficient (Wildman–Crippen LogP) is 2.52. The molecule has 1 aliphatic rings. The highest BCUT2D eigenvalue weighted by Gasteiger charge is 2.29. The molecule has 0 unspecified atom stereocenters. The van der Waals surface area contributed by atoms with Gasteiger partial charge in [0.1, 0.15) is 5.56 Å². The molecular weight excluding hydrogens is 370 g/mol. The number of rotatable bonds is 5. The van der Waals surface area contributed by atoms with Crippen LogP contribution in [0.3, 0.4) is 0 Å². The molecule has 0 fully saturated rings. The van der Waals surface area contributed by atoms with Crippen LogP contribution in [0, 0.1) is 0 Å². The molecule has 2 rings (SSSR count). The number of halogens is 5. The summed E-state index contributed by atoms with van der Waals surface area (Å²) in [5.41, 5.74) is 1.06. The van der Waals surface area contributed by atoms with E-state index in [1.54, 1.807) is 0 Å². The fourth-order valence-corrected chi connectivity index (χ4v) is 1.95. The third-order valence-electron chi connectivity index (χ3n) is 3.02. The van der Waals surface area contributed by atoms with E-state index >= 15 is 0 Å². The maximum absolute atomic E-state index is 12.2. The number of amides is 1. The van der Waals surface area contributed by atoms with Gasteiger partial charge in [0.2, 0.25) is 5.88 Å². The Morgan fingerprint density at radius 2 is 2.12 bits per heavy atom. The van der Waals surface area contributed by atoms with E-state index in [0.717, 1.165) is 25.1 Å². The summed E-state index contributed by atoms with van der Waals surface area (Å²) in [6.45, 7) is 0.460. The lowest BCUT2D eigenvalue weighted by molar-refractivity contribution is -0.154. The first kappa shape index (κ1) is 22.5. The number of nitrogens with one attached hydrogen (secondary N) is 2. The van der Waals surface area contributed by atoms with Crippen LogP contribution in [-0.2, 0) is 0 Å². The lowest BCUT2D eigenvalue weighted by atomic mass is 10.1. The Kier molecular flexibility index (Phi) is 9.72. The van der Waals surface area contributed by atoms with Crippen molar-refractivity contribution in [1.82, 2.24) is 15.6 Å². The van der Waals surface area contributed by atoms with E-state index in [-0.39, 0.29) is 36.3 Å². The highest BCUT2D eigenvalue weighted by atomic mass is 35.5. The molecule has 1 aromatic rings. The molecule has 1 aromatic heterocycles. The molecule has 0 atom stereocenters. The second-order valence-electron chi connectivity index (χ2n) is 4.76. The summed E-state index contributed by atoms with van der Waals surface area (Å²) >= 11 is 0.